The van der Waals surface area contributed by atoms with Gasteiger partial charge in [-0.15, -0.1) is 0 Å². The van der Waals surface area contributed by atoms with E-state index >= 15 is 0 Å². The van der Waals surface area contributed by atoms with Gasteiger partial charge < -0.3 is 16.0 Å². The van der Waals surface area contributed by atoms with Gasteiger partial charge in [-0.2, -0.15) is 5.10 Å². The van der Waals surface area contributed by atoms with Crippen molar-refractivity contribution in [3.8, 4) is 0 Å². The predicted molar refractivity (Wildman–Crippen MR) is 141 cm³/mol. The van der Waals surface area contributed by atoms with E-state index in [2.05, 4.69) is 87.2 Å². The van der Waals surface area contributed by atoms with Gasteiger partial charge in [0, 0.05) is 34.4 Å². The van der Waals surface area contributed by atoms with Crippen LogP contribution in [0.15, 0.2) is 73.5 Å². The minimum atomic E-state index is 0.193. The number of H-pyrrole nitrogens is 1. The molecule has 1 aliphatic rings. The first-order valence-corrected chi connectivity index (χ1v) is 11.2. The highest BCUT2D eigenvalue weighted by molar-refractivity contribution is 6.16. The number of hydrogen-bond acceptors (Lipinski definition) is 7. The Balaban J connectivity index is 1.55. The maximum absolute atomic E-state index is 8.65. The molecule has 0 bridgehead atoms. The van der Waals surface area contributed by atoms with Gasteiger partial charge in [-0.05, 0) is 42.7 Å². The standard InChI is InChI=1S/C27H26N8/c1-16-7-4-5-10-22(16)35-18(3)23-17(2)8-6-9-19(23)11-21(35)14-30-27-24(26(29)31-15-32-27)25(28)20-12-33-34-13-20/h4-13,15,28H,3,14H2,1-2H3,(H,33,34)(H3,29,30,31,32). The fourth-order valence-electron chi connectivity index (χ4n) is 4.46. The van der Waals surface area contributed by atoms with Gasteiger partial charge in [0.25, 0.3) is 0 Å². The summed E-state index contributed by atoms with van der Waals surface area (Å²) in [5, 5.41) is 18.7. The highest BCUT2D eigenvalue weighted by atomic mass is 15.2. The van der Waals surface area contributed by atoms with Gasteiger partial charge in [-0.3, -0.25) is 10.5 Å². The molecule has 5 rings (SSSR count). The number of nitrogens with one attached hydrogen (secondary N) is 3. The number of rotatable bonds is 6. The second-order valence-corrected chi connectivity index (χ2v) is 8.44. The zero-order valence-electron chi connectivity index (χ0n) is 19.6. The number of nitrogen functional groups attached to an aromatic ring is 1. The fraction of sp³-hybridized carbons (Fsp3) is 0.111. The van der Waals surface area contributed by atoms with Gasteiger partial charge in [0.15, 0.2) is 0 Å². The predicted octanol–water partition coefficient (Wildman–Crippen LogP) is 4.76. The number of anilines is 3. The molecular weight excluding hydrogens is 436 g/mol. The van der Waals surface area contributed by atoms with Crippen LogP contribution >= 0.6 is 0 Å². The summed E-state index contributed by atoms with van der Waals surface area (Å²) in [6, 6.07) is 14.5. The summed E-state index contributed by atoms with van der Waals surface area (Å²) >= 11 is 0. The van der Waals surface area contributed by atoms with Crippen LogP contribution in [-0.4, -0.2) is 32.4 Å². The van der Waals surface area contributed by atoms with Crippen molar-refractivity contribution in [2.45, 2.75) is 13.8 Å². The van der Waals surface area contributed by atoms with Crippen molar-refractivity contribution >= 4 is 34.8 Å². The topological polar surface area (TPSA) is 120 Å². The molecule has 0 fully saturated rings. The first kappa shape index (κ1) is 22.1. The largest absolute Gasteiger partial charge is 0.383 e. The second kappa shape index (κ2) is 8.90. The van der Waals surface area contributed by atoms with Gasteiger partial charge in [-0.25, -0.2) is 9.97 Å². The summed E-state index contributed by atoms with van der Waals surface area (Å²) in [6.07, 6.45) is 6.79. The molecule has 0 aliphatic carbocycles. The number of nitrogens with two attached hydrogens (primary N) is 1. The number of fused-ring (bicyclic) bond motifs is 1. The lowest BCUT2D eigenvalue weighted by Crippen LogP contribution is -2.29. The molecular formula is C27H26N8. The number of aromatic amines is 1. The zero-order chi connectivity index (χ0) is 24.5. The van der Waals surface area contributed by atoms with Crippen LogP contribution in [0.4, 0.5) is 17.3 Å². The number of nitrogens with zero attached hydrogens (tertiary/aromatic N) is 4. The maximum Gasteiger partial charge on any atom is 0.141 e. The van der Waals surface area contributed by atoms with E-state index in [0.29, 0.717) is 23.5 Å². The number of para-hydroxylation sites is 1. The number of aryl methyl sites for hydroxylation is 2. The molecule has 4 aromatic rings. The molecule has 0 spiro atoms. The van der Waals surface area contributed by atoms with Crippen molar-refractivity contribution in [2.24, 2.45) is 0 Å². The first-order valence-electron chi connectivity index (χ1n) is 11.2. The Morgan fingerprint density at radius 3 is 2.69 bits per heavy atom. The molecule has 0 radical (unpaired) electrons. The second-order valence-electron chi connectivity index (χ2n) is 8.44. The molecule has 0 atom stereocenters. The Bertz CT molecular complexity index is 1470. The molecule has 5 N–H and O–H groups in total. The van der Waals surface area contributed by atoms with Crippen LogP contribution < -0.4 is 16.0 Å². The van der Waals surface area contributed by atoms with Gasteiger partial charge in [0.2, 0.25) is 0 Å². The minimum absolute atomic E-state index is 0.193. The van der Waals surface area contributed by atoms with Crippen LogP contribution in [0, 0.1) is 19.3 Å². The van der Waals surface area contributed by atoms with Crippen LogP contribution in [0.25, 0.3) is 11.8 Å². The lowest BCUT2D eigenvalue weighted by atomic mass is 9.93. The van der Waals surface area contributed by atoms with Crippen LogP contribution in [0.1, 0.15) is 33.4 Å². The Hall–Kier alpha value is -4.72. The molecule has 3 heterocycles. The van der Waals surface area contributed by atoms with Crippen molar-refractivity contribution in [3.63, 3.8) is 0 Å². The Morgan fingerprint density at radius 2 is 1.91 bits per heavy atom. The van der Waals surface area contributed by atoms with Crippen LogP contribution in [0.5, 0.6) is 0 Å². The molecule has 1 aliphatic heterocycles. The van der Waals surface area contributed by atoms with E-state index in [9.17, 15) is 0 Å². The number of benzene rings is 2. The Morgan fingerprint density at radius 1 is 1.11 bits per heavy atom. The zero-order valence-corrected chi connectivity index (χ0v) is 19.6. The van der Waals surface area contributed by atoms with E-state index in [1.807, 2.05) is 12.1 Å². The third-order valence-electron chi connectivity index (χ3n) is 6.18. The molecule has 35 heavy (non-hydrogen) atoms. The van der Waals surface area contributed by atoms with E-state index in [1.54, 1.807) is 12.4 Å². The van der Waals surface area contributed by atoms with Crippen molar-refractivity contribution in [1.29, 1.82) is 5.41 Å². The van der Waals surface area contributed by atoms with Gasteiger partial charge in [0.05, 0.1) is 24.0 Å². The molecule has 8 heteroatoms. The van der Waals surface area contributed by atoms with E-state index in [1.165, 1.54) is 11.9 Å². The maximum atomic E-state index is 8.65. The third kappa shape index (κ3) is 3.95. The molecule has 0 saturated carbocycles. The number of aromatic nitrogens is 4. The van der Waals surface area contributed by atoms with Crippen LogP contribution in [0.2, 0.25) is 0 Å². The molecule has 0 unspecified atom stereocenters. The summed E-state index contributed by atoms with van der Waals surface area (Å²) in [5.74, 6) is 0.711. The average molecular weight is 463 g/mol. The third-order valence-corrected chi connectivity index (χ3v) is 6.18. The normalized spacial score (nSPS) is 12.8. The van der Waals surface area contributed by atoms with Crippen molar-refractivity contribution < 1.29 is 0 Å². The quantitative estimate of drug-likeness (QED) is 0.307. The van der Waals surface area contributed by atoms with Crippen LogP contribution in [-0.2, 0) is 0 Å². The molecule has 174 valence electrons. The van der Waals surface area contributed by atoms with Crippen molar-refractivity contribution in [3.05, 3.63) is 107 Å². The molecule has 8 nitrogen and oxygen atoms in total. The fourth-order valence-corrected chi connectivity index (χ4v) is 4.46. The van der Waals surface area contributed by atoms with Crippen LogP contribution in [0.3, 0.4) is 0 Å². The summed E-state index contributed by atoms with van der Waals surface area (Å²) < 4.78 is 0. The molecule has 0 saturated heterocycles. The summed E-state index contributed by atoms with van der Waals surface area (Å²) in [4.78, 5) is 10.7. The van der Waals surface area contributed by atoms with Crippen molar-refractivity contribution in [2.75, 3.05) is 22.5 Å². The van der Waals surface area contributed by atoms with E-state index in [-0.39, 0.29) is 11.5 Å². The van der Waals surface area contributed by atoms with Gasteiger partial charge in [-0.1, -0.05) is 43.0 Å². The van der Waals surface area contributed by atoms with Gasteiger partial charge >= 0.3 is 0 Å². The smallest absolute Gasteiger partial charge is 0.141 e. The van der Waals surface area contributed by atoms with E-state index in [4.69, 9.17) is 11.1 Å². The summed E-state index contributed by atoms with van der Waals surface area (Å²) in [7, 11) is 0. The van der Waals surface area contributed by atoms with E-state index < -0.39 is 0 Å². The lowest BCUT2D eigenvalue weighted by Gasteiger charge is -2.35. The Kier molecular flexibility index (Phi) is 5.62. The van der Waals surface area contributed by atoms with Gasteiger partial charge in [0.1, 0.15) is 18.0 Å². The van der Waals surface area contributed by atoms with E-state index in [0.717, 1.165) is 33.8 Å². The summed E-state index contributed by atoms with van der Waals surface area (Å²) in [5.41, 5.74) is 15.0. The highest BCUT2D eigenvalue weighted by Gasteiger charge is 2.26. The summed E-state index contributed by atoms with van der Waals surface area (Å²) in [6.45, 7) is 9.11. The SMILES string of the molecule is C=C1c2c(C)cccc2C=C(CNc2ncnc(N)c2C(=N)c2cn[nH]c2)N1c1ccccc1C. The highest BCUT2D eigenvalue weighted by Crippen LogP contribution is 2.39. The first-order chi connectivity index (χ1) is 17.0. The Labute approximate surface area is 203 Å². The average Bonchev–Trinajstić information content (AvgIpc) is 3.38. The number of hydrogen-bond donors (Lipinski definition) is 4. The molecule has 2 aromatic heterocycles. The minimum Gasteiger partial charge on any atom is -0.383 e. The molecule has 2 aromatic carbocycles. The molecule has 0 amide bonds. The monoisotopic (exact) mass is 462 g/mol. The lowest BCUT2D eigenvalue weighted by molar-refractivity contribution is 1.06. The van der Waals surface area contributed by atoms with Crippen molar-refractivity contribution in [1.82, 2.24) is 20.2 Å².